The summed E-state index contributed by atoms with van der Waals surface area (Å²) in [5, 5.41) is 2.12. The van der Waals surface area contributed by atoms with Gasteiger partial charge in [-0.2, -0.15) is 0 Å². The molecule has 0 saturated heterocycles. The van der Waals surface area contributed by atoms with Gasteiger partial charge in [0.05, 0.1) is 19.6 Å². The van der Waals surface area contributed by atoms with Crippen molar-refractivity contribution in [2.45, 2.75) is 25.8 Å². The standard InChI is InChI=1S/C17H19NO2S/c1-12-15-8-10-21-16(15)7-9-18(12)17(19)11-13-3-5-14(20-2)6-4-13/h3-6,8,10,12H,7,9,11H2,1-2H3/t12-/m0/s1. The monoisotopic (exact) mass is 301 g/mol. The number of amides is 1. The van der Waals surface area contributed by atoms with Crippen LogP contribution in [0, 0.1) is 0 Å². The van der Waals surface area contributed by atoms with E-state index >= 15 is 0 Å². The Hall–Kier alpha value is -1.81. The first-order valence-electron chi connectivity index (χ1n) is 7.17. The zero-order chi connectivity index (χ0) is 14.8. The average Bonchev–Trinajstić information content (AvgIpc) is 2.98. The van der Waals surface area contributed by atoms with Crippen LogP contribution in [0.4, 0.5) is 0 Å². The van der Waals surface area contributed by atoms with E-state index in [-0.39, 0.29) is 11.9 Å². The summed E-state index contributed by atoms with van der Waals surface area (Å²) in [4.78, 5) is 16.0. The molecule has 1 aliphatic rings. The smallest absolute Gasteiger partial charge is 0.227 e. The van der Waals surface area contributed by atoms with Gasteiger partial charge in [-0.05, 0) is 48.1 Å². The lowest BCUT2D eigenvalue weighted by molar-refractivity contribution is -0.133. The Balaban J connectivity index is 1.71. The second-order valence-electron chi connectivity index (χ2n) is 5.34. The number of fused-ring (bicyclic) bond motifs is 1. The molecular weight excluding hydrogens is 282 g/mol. The Morgan fingerprint density at radius 1 is 1.33 bits per heavy atom. The Morgan fingerprint density at radius 2 is 2.10 bits per heavy atom. The maximum absolute atomic E-state index is 12.6. The highest BCUT2D eigenvalue weighted by atomic mass is 32.1. The number of nitrogens with zero attached hydrogens (tertiary/aromatic N) is 1. The lowest BCUT2D eigenvalue weighted by Gasteiger charge is -2.33. The molecular formula is C17H19NO2S. The Morgan fingerprint density at radius 3 is 2.81 bits per heavy atom. The van der Waals surface area contributed by atoms with Gasteiger partial charge in [0.2, 0.25) is 5.91 Å². The van der Waals surface area contributed by atoms with Crippen molar-refractivity contribution < 1.29 is 9.53 Å². The highest BCUT2D eigenvalue weighted by Gasteiger charge is 2.28. The fourth-order valence-corrected chi connectivity index (χ4v) is 3.83. The highest BCUT2D eigenvalue weighted by Crippen LogP contribution is 2.33. The van der Waals surface area contributed by atoms with E-state index in [0.29, 0.717) is 6.42 Å². The van der Waals surface area contributed by atoms with Crippen LogP contribution in [0.15, 0.2) is 35.7 Å². The number of hydrogen-bond acceptors (Lipinski definition) is 3. The molecule has 1 aromatic heterocycles. The summed E-state index contributed by atoms with van der Waals surface area (Å²) in [6.07, 6.45) is 1.43. The Kier molecular flexibility index (Phi) is 3.97. The van der Waals surface area contributed by atoms with E-state index in [2.05, 4.69) is 18.4 Å². The molecule has 1 atom stereocenters. The van der Waals surface area contributed by atoms with Crippen LogP contribution in [0.1, 0.15) is 29.0 Å². The molecule has 21 heavy (non-hydrogen) atoms. The van der Waals surface area contributed by atoms with E-state index in [4.69, 9.17) is 4.74 Å². The minimum atomic E-state index is 0.186. The number of thiophene rings is 1. The summed E-state index contributed by atoms with van der Waals surface area (Å²) >= 11 is 1.80. The van der Waals surface area contributed by atoms with Gasteiger partial charge in [0, 0.05) is 11.4 Å². The number of hydrogen-bond donors (Lipinski definition) is 0. The molecule has 1 aromatic carbocycles. The lowest BCUT2D eigenvalue weighted by Crippen LogP contribution is -2.39. The van der Waals surface area contributed by atoms with E-state index in [1.165, 1.54) is 10.4 Å². The number of rotatable bonds is 3. The van der Waals surface area contributed by atoms with Gasteiger partial charge in [0.1, 0.15) is 5.75 Å². The lowest BCUT2D eigenvalue weighted by atomic mass is 10.0. The van der Waals surface area contributed by atoms with E-state index in [0.717, 1.165) is 24.3 Å². The van der Waals surface area contributed by atoms with Crippen molar-refractivity contribution in [1.82, 2.24) is 4.90 Å². The van der Waals surface area contributed by atoms with Crippen molar-refractivity contribution in [2.24, 2.45) is 0 Å². The van der Waals surface area contributed by atoms with Crippen molar-refractivity contribution in [3.8, 4) is 5.75 Å². The van der Waals surface area contributed by atoms with Crippen molar-refractivity contribution in [2.75, 3.05) is 13.7 Å². The zero-order valence-electron chi connectivity index (χ0n) is 12.3. The van der Waals surface area contributed by atoms with Crippen LogP contribution in [0.25, 0.3) is 0 Å². The second-order valence-corrected chi connectivity index (χ2v) is 6.34. The topological polar surface area (TPSA) is 29.5 Å². The molecule has 2 aromatic rings. The van der Waals surface area contributed by atoms with Gasteiger partial charge in [0.15, 0.2) is 0 Å². The first-order valence-corrected chi connectivity index (χ1v) is 8.05. The van der Waals surface area contributed by atoms with Gasteiger partial charge in [-0.3, -0.25) is 4.79 Å². The molecule has 0 fully saturated rings. The van der Waals surface area contributed by atoms with Crippen LogP contribution in [0.2, 0.25) is 0 Å². The Bertz CT molecular complexity index is 632. The van der Waals surface area contributed by atoms with Crippen molar-refractivity contribution in [3.63, 3.8) is 0 Å². The molecule has 0 saturated carbocycles. The van der Waals surface area contributed by atoms with Gasteiger partial charge in [-0.25, -0.2) is 0 Å². The summed E-state index contributed by atoms with van der Waals surface area (Å²) in [7, 11) is 1.65. The van der Waals surface area contributed by atoms with E-state index < -0.39 is 0 Å². The summed E-state index contributed by atoms with van der Waals surface area (Å²) in [6, 6.07) is 10.1. The largest absolute Gasteiger partial charge is 0.497 e. The Labute approximate surface area is 129 Å². The van der Waals surface area contributed by atoms with Crippen LogP contribution in [-0.4, -0.2) is 24.5 Å². The predicted octanol–water partition coefficient (Wildman–Crippen LogP) is 3.45. The normalized spacial score (nSPS) is 17.4. The SMILES string of the molecule is COc1ccc(CC(=O)N2CCc3sccc3[C@@H]2C)cc1. The predicted molar refractivity (Wildman–Crippen MR) is 84.8 cm³/mol. The minimum Gasteiger partial charge on any atom is -0.497 e. The number of methoxy groups -OCH3 is 1. The molecule has 0 aliphatic carbocycles. The van der Waals surface area contributed by atoms with Crippen LogP contribution in [-0.2, 0) is 17.6 Å². The van der Waals surface area contributed by atoms with E-state index in [1.54, 1.807) is 18.4 Å². The molecule has 2 heterocycles. The molecule has 4 heteroatoms. The van der Waals surface area contributed by atoms with E-state index in [1.807, 2.05) is 29.2 Å². The summed E-state index contributed by atoms with van der Waals surface area (Å²) in [5.74, 6) is 1.02. The fourth-order valence-electron chi connectivity index (χ4n) is 2.87. The molecule has 0 unspecified atom stereocenters. The van der Waals surface area contributed by atoms with Crippen molar-refractivity contribution in [3.05, 3.63) is 51.7 Å². The number of benzene rings is 1. The van der Waals surface area contributed by atoms with Crippen LogP contribution < -0.4 is 4.74 Å². The third-order valence-corrected chi connectivity index (χ3v) is 5.11. The molecule has 0 spiro atoms. The first-order chi connectivity index (χ1) is 10.2. The molecule has 1 aliphatic heterocycles. The average molecular weight is 301 g/mol. The third kappa shape index (κ3) is 2.81. The van der Waals surface area contributed by atoms with Gasteiger partial charge in [-0.15, -0.1) is 11.3 Å². The van der Waals surface area contributed by atoms with Gasteiger partial charge >= 0.3 is 0 Å². The zero-order valence-corrected chi connectivity index (χ0v) is 13.2. The van der Waals surface area contributed by atoms with Gasteiger partial charge in [0.25, 0.3) is 0 Å². The quantitative estimate of drug-likeness (QED) is 0.869. The second kappa shape index (κ2) is 5.90. The summed E-state index contributed by atoms with van der Waals surface area (Å²) in [6.45, 7) is 2.94. The van der Waals surface area contributed by atoms with Crippen molar-refractivity contribution in [1.29, 1.82) is 0 Å². The van der Waals surface area contributed by atoms with Gasteiger partial charge < -0.3 is 9.64 Å². The summed E-state index contributed by atoms with van der Waals surface area (Å²) in [5.41, 5.74) is 2.35. The van der Waals surface area contributed by atoms with Crippen LogP contribution in [0.3, 0.4) is 0 Å². The fraction of sp³-hybridized carbons (Fsp3) is 0.353. The maximum atomic E-state index is 12.6. The van der Waals surface area contributed by atoms with Crippen LogP contribution >= 0.6 is 11.3 Å². The van der Waals surface area contributed by atoms with Crippen LogP contribution in [0.5, 0.6) is 5.75 Å². The maximum Gasteiger partial charge on any atom is 0.227 e. The molecule has 0 N–H and O–H groups in total. The third-order valence-electron chi connectivity index (χ3n) is 4.11. The first kappa shape index (κ1) is 14.1. The summed E-state index contributed by atoms with van der Waals surface area (Å²) < 4.78 is 5.14. The molecule has 3 nitrogen and oxygen atoms in total. The highest BCUT2D eigenvalue weighted by molar-refractivity contribution is 7.10. The molecule has 0 radical (unpaired) electrons. The van der Waals surface area contributed by atoms with Crippen molar-refractivity contribution >= 4 is 17.2 Å². The number of carbonyl (C=O) groups is 1. The minimum absolute atomic E-state index is 0.186. The number of carbonyl (C=O) groups excluding carboxylic acids is 1. The molecule has 0 bridgehead atoms. The molecule has 1 amide bonds. The molecule has 3 rings (SSSR count). The van der Waals surface area contributed by atoms with E-state index in [9.17, 15) is 4.79 Å². The van der Waals surface area contributed by atoms with Gasteiger partial charge in [-0.1, -0.05) is 12.1 Å². The molecule has 110 valence electrons. The number of ether oxygens (including phenoxy) is 1.